The van der Waals surface area contributed by atoms with Gasteiger partial charge in [-0.05, 0) is 27.2 Å². The molecule has 3 nitrogen and oxygen atoms in total. The fraction of sp³-hybridized carbons (Fsp3) is 0.769. The SMILES string of the molecule is CCC1CNC(C)(C)CN1Cc1ncc(C)s1. The number of hydrogen-bond acceptors (Lipinski definition) is 4. The molecular formula is C13H23N3S. The van der Waals surface area contributed by atoms with E-state index in [1.165, 1.54) is 16.3 Å². The summed E-state index contributed by atoms with van der Waals surface area (Å²) in [4.78, 5) is 8.37. The third-order valence-electron chi connectivity index (χ3n) is 3.41. The summed E-state index contributed by atoms with van der Waals surface area (Å²) in [5, 5.41) is 4.87. The summed E-state index contributed by atoms with van der Waals surface area (Å²) >= 11 is 1.82. The minimum Gasteiger partial charge on any atom is -0.309 e. The quantitative estimate of drug-likeness (QED) is 0.896. The van der Waals surface area contributed by atoms with Crippen LogP contribution < -0.4 is 5.32 Å². The van der Waals surface area contributed by atoms with Crippen molar-refractivity contribution in [2.75, 3.05) is 13.1 Å². The van der Waals surface area contributed by atoms with Crippen molar-refractivity contribution in [2.45, 2.75) is 52.2 Å². The van der Waals surface area contributed by atoms with Crippen LogP contribution in [0.2, 0.25) is 0 Å². The third kappa shape index (κ3) is 3.27. The van der Waals surface area contributed by atoms with Crippen molar-refractivity contribution >= 4 is 11.3 Å². The molecule has 0 saturated carbocycles. The Morgan fingerprint density at radius 2 is 2.35 bits per heavy atom. The number of nitrogens with zero attached hydrogens (tertiary/aromatic N) is 2. The molecule has 1 aliphatic heterocycles. The van der Waals surface area contributed by atoms with E-state index < -0.39 is 0 Å². The van der Waals surface area contributed by atoms with Crippen molar-refractivity contribution in [1.29, 1.82) is 0 Å². The summed E-state index contributed by atoms with van der Waals surface area (Å²) in [5.74, 6) is 0. The molecule has 0 spiro atoms. The summed E-state index contributed by atoms with van der Waals surface area (Å²) in [5.41, 5.74) is 0.220. The number of rotatable bonds is 3. The largest absolute Gasteiger partial charge is 0.309 e. The lowest BCUT2D eigenvalue weighted by Crippen LogP contribution is -2.60. The molecule has 1 aromatic rings. The van der Waals surface area contributed by atoms with Gasteiger partial charge in [-0.1, -0.05) is 6.92 Å². The summed E-state index contributed by atoms with van der Waals surface area (Å²) in [6.45, 7) is 12.1. The smallest absolute Gasteiger partial charge is 0.107 e. The molecular weight excluding hydrogens is 230 g/mol. The summed E-state index contributed by atoms with van der Waals surface area (Å²) in [7, 11) is 0. The van der Waals surface area contributed by atoms with E-state index in [0.29, 0.717) is 6.04 Å². The van der Waals surface area contributed by atoms with Gasteiger partial charge in [0, 0.05) is 35.7 Å². The number of aryl methyl sites for hydroxylation is 1. The molecule has 0 amide bonds. The maximum atomic E-state index is 4.48. The molecule has 1 aliphatic rings. The number of thiazole rings is 1. The third-order valence-corrected chi connectivity index (χ3v) is 4.31. The highest BCUT2D eigenvalue weighted by atomic mass is 32.1. The first-order valence-electron chi connectivity index (χ1n) is 6.40. The summed E-state index contributed by atoms with van der Waals surface area (Å²) in [6.07, 6.45) is 3.18. The van der Waals surface area contributed by atoms with Gasteiger partial charge < -0.3 is 5.32 Å². The molecule has 1 unspecified atom stereocenters. The minimum atomic E-state index is 0.220. The molecule has 96 valence electrons. The predicted octanol–water partition coefficient (Wildman–Crippen LogP) is 2.41. The Morgan fingerprint density at radius 3 is 2.94 bits per heavy atom. The van der Waals surface area contributed by atoms with Crippen molar-refractivity contribution in [2.24, 2.45) is 0 Å². The Hall–Kier alpha value is -0.450. The standard InChI is InChI=1S/C13H23N3S/c1-5-11-7-15-13(3,4)9-16(11)8-12-14-6-10(2)17-12/h6,11,15H,5,7-9H2,1-4H3. The van der Waals surface area contributed by atoms with Crippen LogP contribution in [0.25, 0.3) is 0 Å². The van der Waals surface area contributed by atoms with Gasteiger partial charge >= 0.3 is 0 Å². The fourth-order valence-electron chi connectivity index (χ4n) is 2.45. The molecule has 1 aromatic heterocycles. The molecule has 17 heavy (non-hydrogen) atoms. The van der Waals surface area contributed by atoms with E-state index >= 15 is 0 Å². The van der Waals surface area contributed by atoms with E-state index in [1.807, 2.05) is 17.5 Å². The highest BCUT2D eigenvalue weighted by Crippen LogP contribution is 2.21. The van der Waals surface area contributed by atoms with Crippen molar-refractivity contribution in [1.82, 2.24) is 15.2 Å². The Morgan fingerprint density at radius 1 is 1.59 bits per heavy atom. The van der Waals surface area contributed by atoms with Crippen LogP contribution in [0.15, 0.2) is 6.20 Å². The zero-order valence-corrected chi connectivity index (χ0v) is 12.1. The van der Waals surface area contributed by atoms with Crippen LogP contribution in [0, 0.1) is 6.92 Å². The maximum Gasteiger partial charge on any atom is 0.107 e. The van der Waals surface area contributed by atoms with Crippen LogP contribution in [-0.2, 0) is 6.54 Å². The second kappa shape index (κ2) is 5.04. The van der Waals surface area contributed by atoms with E-state index in [9.17, 15) is 0 Å². The van der Waals surface area contributed by atoms with Gasteiger partial charge in [0.05, 0.1) is 6.54 Å². The second-order valence-corrected chi connectivity index (χ2v) is 6.92. The van der Waals surface area contributed by atoms with Gasteiger partial charge in [-0.2, -0.15) is 0 Å². The number of aromatic nitrogens is 1. The highest BCUT2D eigenvalue weighted by Gasteiger charge is 2.31. The first kappa shape index (κ1) is 13.0. The van der Waals surface area contributed by atoms with E-state index in [-0.39, 0.29) is 5.54 Å². The average Bonchev–Trinajstić information content (AvgIpc) is 2.63. The second-order valence-electron chi connectivity index (χ2n) is 5.60. The maximum absolute atomic E-state index is 4.48. The summed E-state index contributed by atoms with van der Waals surface area (Å²) < 4.78 is 0. The lowest BCUT2D eigenvalue weighted by atomic mass is 9.98. The first-order valence-corrected chi connectivity index (χ1v) is 7.22. The molecule has 2 heterocycles. The zero-order chi connectivity index (χ0) is 12.5. The van der Waals surface area contributed by atoms with E-state index in [2.05, 4.69) is 42.9 Å². The molecule has 2 rings (SSSR count). The van der Waals surface area contributed by atoms with E-state index in [4.69, 9.17) is 0 Å². The molecule has 0 bridgehead atoms. The molecule has 1 saturated heterocycles. The molecule has 4 heteroatoms. The van der Waals surface area contributed by atoms with Gasteiger partial charge in [0.15, 0.2) is 0 Å². The van der Waals surface area contributed by atoms with Gasteiger partial charge in [-0.25, -0.2) is 4.98 Å². The zero-order valence-electron chi connectivity index (χ0n) is 11.3. The monoisotopic (exact) mass is 253 g/mol. The molecule has 0 aliphatic carbocycles. The van der Waals surface area contributed by atoms with Gasteiger partial charge in [-0.3, -0.25) is 4.90 Å². The Balaban J connectivity index is 2.05. The van der Waals surface area contributed by atoms with E-state index in [0.717, 1.165) is 19.6 Å². The molecule has 1 N–H and O–H groups in total. The molecule has 0 radical (unpaired) electrons. The predicted molar refractivity (Wildman–Crippen MR) is 73.4 cm³/mol. The van der Waals surface area contributed by atoms with Crippen molar-refractivity contribution in [3.8, 4) is 0 Å². The van der Waals surface area contributed by atoms with Crippen molar-refractivity contribution in [3.63, 3.8) is 0 Å². The Bertz CT molecular complexity index is 372. The lowest BCUT2D eigenvalue weighted by Gasteiger charge is -2.44. The van der Waals surface area contributed by atoms with E-state index in [1.54, 1.807) is 0 Å². The van der Waals surface area contributed by atoms with Crippen molar-refractivity contribution < 1.29 is 0 Å². The fourth-order valence-corrected chi connectivity index (χ4v) is 3.26. The van der Waals surface area contributed by atoms with Gasteiger partial charge in [0.2, 0.25) is 0 Å². The van der Waals surface area contributed by atoms with Gasteiger partial charge in [0.1, 0.15) is 5.01 Å². The summed E-state index contributed by atoms with van der Waals surface area (Å²) in [6, 6.07) is 0.646. The van der Waals surface area contributed by atoms with Crippen LogP contribution >= 0.6 is 11.3 Å². The van der Waals surface area contributed by atoms with Gasteiger partial charge in [0.25, 0.3) is 0 Å². The first-order chi connectivity index (χ1) is 8.00. The van der Waals surface area contributed by atoms with Crippen molar-refractivity contribution in [3.05, 3.63) is 16.1 Å². The molecule has 1 atom stereocenters. The number of piperazine rings is 1. The molecule has 1 fully saturated rings. The van der Waals surface area contributed by atoms with Crippen LogP contribution in [0.5, 0.6) is 0 Å². The van der Waals surface area contributed by atoms with Crippen LogP contribution in [0.1, 0.15) is 37.1 Å². The molecule has 0 aromatic carbocycles. The normalized spacial score (nSPS) is 25.1. The minimum absolute atomic E-state index is 0.220. The number of hydrogen-bond donors (Lipinski definition) is 1. The highest BCUT2D eigenvalue weighted by molar-refractivity contribution is 7.11. The van der Waals surface area contributed by atoms with Crippen LogP contribution in [0.3, 0.4) is 0 Å². The Kier molecular flexibility index (Phi) is 3.85. The van der Waals surface area contributed by atoms with Crippen LogP contribution in [0.4, 0.5) is 0 Å². The van der Waals surface area contributed by atoms with Gasteiger partial charge in [-0.15, -0.1) is 11.3 Å². The number of nitrogens with one attached hydrogen (secondary N) is 1. The topological polar surface area (TPSA) is 28.2 Å². The lowest BCUT2D eigenvalue weighted by molar-refractivity contribution is 0.0858. The Labute approximate surface area is 108 Å². The average molecular weight is 253 g/mol. The van der Waals surface area contributed by atoms with Crippen LogP contribution in [-0.4, -0.2) is 34.6 Å².